The molecule has 1 heterocycles. The first kappa shape index (κ1) is 16.0. The van der Waals surface area contributed by atoms with Gasteiger partial charge in [0.25, 0.3) is 0 Å². The zero-order valence-corrected chi connectivity index (χ0v) is 14.1. The summed E-state index contributed by atoms with van der Waals surface area (Å²) in [6, 6.07) is 0. The standard InChI is InChI=1S/C17H31NO2/c1-15(2)9-7-8-13(14(15)19)10-18-11-16(3,4)20-17(5,6)12-18/h13H,7-12H2,1-6H3. The Morgan fingerprint density at radius 3 is 2.20 bits per heavy atom. The number of rotatable bonds is 2. The number of hydrogen-bond donors (Lipinski definition) is 0. The summed E-state index contributed by atoms with van der Waals surface area (Å²) in [7, 11) is 0. The van der Waals surface area contributed by atoms with Gasteiger partial charge in [0, 0.05) is 31.0 Å². The molecule has 1 atom stereocenters. The largest absolute Gasteiger partial charge is 0.367 e. The summed E-state index contributed by atoms with van der Waals surface area (Å²) < 4.78 is 6.12. The van der Waals surface area contributed by atoms with Crippen molar-refractivity contribution in [1.82, 2.24) is 4.90 Å². The van der Waals surface area contributed by atoms with Crippen LogP contribution in [-0.2, 0) is 9.53 Å². The molecule has 0 aromatic rings. The molecule has 1 saturated carbocycles. The molecule has 1 aliphatic heterocycles. The maximum absolute atomic E-state index is 12.6. The zero-order valence-electron chi connectivity index (χ0n) is 14.1. The van der Waals surface area contributed by atoms with E-state index >= 15 is 0 Å². The fraction of sp³-hybridized carbons (Fsp3) is 0.941. The van der Waals surface area contributed by atoms with E-state index in [0.29, 0.717) is 5.78 Å². The summed E-state index contributed by atoms with van der Waals surface area (Å²) in [6.45, 7) is 15.5. The monoisotopic (exact) mass is 281 g/mol. The van der Waals surface area contributed by atoms with Crippen LogP contribution in [-0.4, -0.2) is 41.5 Å². The number of carbonyl (C=O) groups excluding carboxylic acids is 1. The van der Waals surface area contributed by atoms with Crippen molar-refractivity contribution >= 4 is 5.78 Å². The average Bonchev–Trinajstić information content (AvgIpc) is 2.20. The highest BCUT2D eigenvalue weighted by atomic mass is 16.5. The summed E-state index contributed by atoms with van der Waals surface area (Å²) in [4.78, 5) is 15.0. The van der Waals surface area contributed by atoms with Crippen LogP contribution in [0.1, 0.15) is 60.8 Å². The van der Waals surface area contributed by atoms with E-state index in [1.807, 2.05) is 0 Å². The molecule has 1 aliphatic carbocycles. The van der Waals surface area contributed by atoms with Crippen molar-refractivity contribution in [2.45, 2.75) is 72.0 Å². The van der Waals surface area contributed by atoms with Crippen molar-refractivity contribution < 1.29 is 9.53 Å². The molecule has 2 rings (SSSR count). The lowest BCUT2D eigenvalue weighted by atomic mass is 9.71. The molecule has 0 radical (unpaired) electrons. The molecule has 116 valence electrons. The van der Waals surface area contributed by atoms with E-state index in [1.165, 1.54) is 6.42 Å². The van der Waals surface area contributed by atoms with Gasteiger partial charge in [-0.2, -0.15) is 0 Å². The molecular formula is C17H31NO2. The van der Waals surface area contributed by atoms with Crippen LogP contribution in [0.15, 0.2) is 0 Å². The molecule has 0 bridgehead atoms. The molecule has 0 N–H and O–H groups in total. The van der Waals surface area contributed by atoms with Crippen molar-refractivity contribution in [3.05, 3.63) is 0 Å². The number of ketones is 1. The van der Waals surface area contributed by atoms with Gasteiger partial charge in [0.2, 0.25) is 0 Å². The van der Waals surface area contributed by atoms with E-state index in [1.54, 1.807) is 0 Å². The van der Waals surface area contributed by atoms with Crippen molar-refractivity contribution in [2.75, 3.05) is 19.6 Å². The summed E-state index contributed by atoms with van der Waals surface area (Å²) >= 11 is 0. The first-order chi connectivity index (χ1) is 9.01. The first-order valence-electron chi connectivity index (χ1n) is 7.98. The second-order valence-electron chi connectivity index (χ2n) is 8.63. The molecule has 1 unspecified atom stereocenters. The fourth-order valence-corrected chi connectivity index (χ4v) is 4.16. The highest BCUT2D eigenvalue weighted by molar-refractivity contribution is 5.87. The first-order valence-corrected chi connectivity index (χ1v) is 7.98. The van der Waals surface area contributed by atoms with E-state index in [4.69, 9.17) is 4.74 Å². The Morgan fingerprint density at radius 2 is 1.65 bits per heavy atom. The second kappa shape index (κ2) is 5.10. The summed E-state index contributed by atoms with van der Waals surface area (Å²) in [6.07, 6.45) is 3.28. The van der Waals surface area contributed by atoms with Gasteiger partial charge in [-0.15, -0.1) is 0 Å². The molecule has 0 spiro atoms. The maximum Gasteiger partial charge on any atom is 0.142 e. The van der Waals surface area contributed by atoms with Crippen molar-refractivity contribution in [2.24, 2.45) is 11.3 Å². The van der Waals surface area contributed by atoms with E-state index < -0.39 is 0 Å². The number of nitrogens with zero attached hydrogens (tertiary/aromatic N) is 1. The Hall–Kier alpha value is -0.410. The molecule has 0 aromatic carbocycles. The molecule has 2 aliphatic rings. The summed E-state index contributed by atoms with van der Waals surface area (Å²) in [5, 5.41) is 0. The van der Waals surface area contributed by atoms with Gasteiger partial charge in [-0.3, -0.25) is 9.69 Å². The van der Waals surface area contributed by atoms with Crippen LogP contribution in [0.25, 0.3) is 0 Å². The van der Waals surface area contributed by atoms with E-state index in [-0.39, 0.29) is 22.5 Å². The van der Waals surface area contributed by atoms with Crippen LogP contribution in [0, 0.1) is 11.3 Å². The minimum atomic E-state index is -0.130. The molecular weight excluding hydrogens is 250 g/mol. The van der Waals surface area contributed by atoms with Gasteiger partial charge < -0.3 is 4.74 Å². The van der Waals surface area contributed by atoms with Gasteiger partial charge in [0.15, 0.2) is 0 Å². The molecule has 2 fully saturated rings. The highest BCUT2D eigenvalue weighted by Gasteiger charge is 2.42. The molecule has 3 heteroatoms. The van der Waals surface area contributed by atoms with Crippen molar-refractivity contribution in [1.29, 1.82) is 0 Å². The fourth-order valence-electron chi connectivity index (χ4n) is 4.16. The molecule has 0 amide bonds. The van der Waals surface area contributed by atoms with Crippen LogP contribution in [0.3, 0.4) is 0 Å². The van der Waals surface area contributed by atoms with E-state index in [9.17, 15) is 4.79 Å². The van der Waals surface area contributed by atoms with Gasteiger partial charge in [0.1, 0.15) is 5.78 Å². The number of Topliss-reactive ketones (excluding diaryl/α,β-unsaturated/α-hetero) is 1. The van der Waals surface area contributed by atoms with Crippen molar-refractivity contribution in [3.8, 4) is 0 Å². The second-order valence-corrected chi connectivity index (χ2v) is 8.63. The van der Waals surface area contributed by atoms with Crippen LogP contribution in [0.2, 0.25) is 0 Å². The van der Waals surface area contributed by atoms with Gasteiger partial charge in [0.05, 0.1) is 11.2 Å². The average molecular weight is 281 g/mol. The lowest BCUT2D eigenvalue weighted by molar-refractivity contribution is -0.183. The Bertz CT molecular complexity index is 368. The lowest BCUT2D eigenvalue weighted by Gasteiger charge is -2.48. The van der Waals surface area contributed by atoms with E-state index in [0.717, 1.165) is 32.5 Å². The topological polar surface area (TPSA) is 29.5 Å². The summed E-state index contributed by atoms with van der Waals surface area (Å²) in [5.74, 6) is 0.675. The highest BCUT2D eigenvalue weighted by Crippen LogP contribution is 2.37. The van der Waals surface area contributed by atoms with Crippen LogP contribution >= 0.6 is 0 Å². The van der Waals surface area contributed by atoms with E-state index in [2.05, 4.69) is 46.4 Å². The minimum absolute atomic E-state index is 0.125. The maximum atomic E-state index is 12.6. The zero-order chi connectivity index (χ0) is 15.2. The number of morpholine rings is 1. The molecule has 0 aromatic heterocycles. The quantitative estimate of drug-likeness (QED) is 0.778. The lowest BCUT2D eigenvalue weighted by Crippen LogP contribution is -2.58. The SMILES string of the molecule is CC1(C)CN(CC2CCCC(C)(C)C2=O)CC(C)(C)O1. The smallest absolute Gasteiger partial charge is 0.142 e. The summed E-state index contributed by atoms with van der Waals surface area (Å²) in [5.41, 5.74) is -0.385. The van der Waals surface area contributed by atoms with Gasteiger partial charge in [-0.25, -0.2) is 0 Å². The van der Waals surface area contributed by atoms with Gasteiger partial charge >= 0.3 is 0 Å². The van der Waals surface area contributed by atoms with Crippen molar-refractivity contribution in [3.63, 3.8) is 0 Å². The Morgan fingerprint density at radius 1 is 1.10 bits per heavy atom. The Labute approximate surface area is 124 Å². The molecule has 1 saturated heterocycles. The Balaban J connectivity index is 2.04. The predicted octanol–water partition coefficient (Wildman–Crippen LogP) is 3.27. The van der Waals surface area contributed by atoms with Gasteiger partial charge in [-0.05, 0) is 40.5 Å². The molecule has 20 heavy (non-hydrogen) atoms. The predicted molar refractivity (Wildman–Crippen MR) is 81.8 cm³/mol. The third-order valence-corrected chi connectivity index (χ3v) is 4.63. The van der Waals surface area contributed by atoms with Crippen LogP contribution in [0.4, 0.5) is 0 Å². The van der Waals surface area contributed by atoms with Crippen LogP contribution in [0.5, 0.6) is 0 Å². The molecule has 3 nitrogen and oxygen atoms in total. The van der Waals surface area contributed by atoms with Gasteiger partial charge in [-0.1, -0.05) is 20.3 Å². The minimum Gasteiger partial charge on any atom is -0.367 e. The number of carbonyl (C=O) groups is 1. The number of ether oxygens (including phenoxy) is 1. The third kappa shape index (κ3) is 3.62. The Kier molecular flexibility index (Phi) is 4.07. The number of hydrogen-bond acceptors (Lipinski definition) is 3. The van der Waals surface area contributed by atoms with Crippen LogP contribution < -0.4 is 0 Å². The normalized spacial score (nSPS) is 33.1. The third-order valence-electron chi connectivity index (χ3n) is 4.63.